The average Bonchev–Trinajstić information content (AvgIpc) is 2.64. The highest BCUT2D eigenvalue weighted by Crippen LogP contribution is 2.17. The highest BCUT2D eigenvalue weighted by atomic mass is 35.5. The monoisotopic (exact) mass is 355 g/mol. The van der Waals surface area contributed by atoms with Gasteiger partial charge in [0, 0.05) is 0 Å². The Labute approximate surface area is 154 Å². The second kappa shape index (κ2) is 11.0. The van der Waals surface area contributed by atoms with Crippen LogP contribution in [0.25, 0.3) is 11.1 Å². The van der Waals surface area contributed by atoms with Gasteiger partial charge < -0.3 is 10.8 Å². The van der Waals surface area contributed by atoms with E-state index in [1.807, 2.05) is 42.5 Å². The predicted molar refractivity (Wildman–Crippen MR) is 105 cm³/mol. The van der Waals surface area contributed by atoms with Gasteiger partial charge in [0.05, 0.1) is 0 Å². The molecule has 1 unspecified atom stereocenters. The van der Waals surface area contributed by atoms with Crippen LogP contribution in [0.2, 0.25) is 0 Å². The molecule has 0 amide bonds. The first-order valence-corrected chi connectivity index (χ1v) is 7.79. The van der Waals surface area contributed by atoms with Gasteiger partial charge in [0.25, 0.3) is 0 Å². The van der Waals surface area contributed by atoms with E-state index in [-0.39, 0.29) is 12.4 Å². The van der Waals surface area contributed by atoms with Gasteiger partial charge in [0.1, 0.15) is 6.04 Å². The number of hydrogen-bond acceptors (Lipinski definition) is 2. The van der Waals surface area contributed by atoms with E-state index in [0.29, 0.717) is 6.42 Å². The van der Waals surface area contributed by atoms with Crippen LogP contribution in [-0.2, 0) is 11.2 Å². The fourth-order valence-corrected chi connectivity index (χ4v) is 2.22. The van der Waals surface area contributed by atoms with Crippen LogP contribution in [0.15, 0.2) is 91.0 Å². The van der Waals surface area contributed by atoms with E-state index in [4.69, 9.17) is 10.8 Å². The summed E-state index contributed by atoms with van der Waals surface area (Å²) < 4.78 is 0. The molecule has 0 saturated carbocycles. The summed E-state index contributed by atoms with van der Waals surface area (Å²) in [6.07, 6.45) is 0.385. The molecule has 0 radical (unpaired) electrons. The maximum atomic E-state index is 10.4. The van der Waals surface area contributed by atoms with Crippen molar-refractivity contribution in [1.29, 1.82) is 0 Å². The first-order chi connectivity index (χ1) is 11.7. The fourth-order valence-electron chi connectivity index (χ4n) is 2.22. The maximum Gasteiger partial charge on any atom is 0.320 e. The summed E-state index contributed by atoms with van der Waals surface area (Å²) in [6.45, 7) is 0. The van der Waals surface area contributed by atoms with Gasteiger partial charge in [0.2, 0.25) is 0 Å². The average molecular weight is 356 g/mol. The molecular formula is C21H22ClNO2. The van der Waals surface area contributed by atoms with Gasteiger partial charge in [-0.1, -0.05) is 91.0 Å². The standard InChI is InChI=1S/C12H10.C9H11NO2.ClH/c1-3-7-11(8-4-1)12-9-5-2-6-10-12;10-8(9(11)12)6-7-4-2-1-3-5-7;/h1-10H;1-5,8H,6,10H2,(H,11,12);1H. The lowest BCUT2D eigenvalue weighted by atomic mass is 10.1. The van der Waals surface area contributed by atoms with Crippen molar-refractivity contribution < 1.29 is 9.90 Å². The molecule has 0 heterocycles. The third kappa shape index (κ3) is 7.21. The molecule has 0 aromatic heterocycles. The quantitative estimate of drug-likeness (QED) is 0.728. The number of rotatable bonds is 4. The molecule has 25 heavy (non-hydrogen) atoms. The Hall–Kier alpha value is -2.62. The normalized spacial score (nSPS) is 10.6. The number of nitrogens with two attached hydrogens (primary N) is 1. The van der Waals surface area contributed by atoms with E-state index < -0.39 is 12.0 Å². The minimum Gasteiger partial charge on any atom is -0.480 e. The van der Waals surface area contributed by atoms with Crippen LogP contribution in [-0.4, -0.2) is 17.1 Å². The van der Waals surface area contributed by atoms with Gasteiger partial charge in [-0.15, -0.1) is 12.4 Å². The first kappa shape index (κ1) is 20.4. The Bertz CT molecular complexity index is 696. The summed E-state index contributed by atoms with van der Waals surface area (Å²) in [4.78, 5) is 10.4. The minimum absolute atomic E-state index is 0. The Morgan fingerprint density at radius 1 is 0.760 bits per heavy atom. The molecule has 0 saturated heterocycles. The van der Waals surface area contributed by atoms with Crippen molar-refractivity contribution in [3.8, 4) is 11.1 Å². The van der Waals surface area contributed by atoms with Crippen molar-refractivity contribution in [3.63, 3.8) is 0 Å². The van der Waals surface area contributed by atoms with Crippen molar-refractivity contribution in [2.75, 3.05) is 0 Å². The van der Waals surface area contributed by atoms with Gasteiger partial charge in [0.15, 0.2) is 0 Å². The van der Waals surface area contributed by atoms with Gasteiger partial charge >= 0.3 is 5.97 Å². The van der Waals surface area contributed by atoms with Gasteiger partial charge in [-0.05, 0) is 23.1 Å². The number of benzene rings is 3. The zero-order chi connectivity index (χ0) is 17.2. The molecule has 0 aliphatic heterocycles. The third-order valence-electron chi connectivity index (χ3n) is 3.50. The largest absolute Gasteiger partial charge is 0.480 e. The molecule has 0 spiro atoms. The summed E-state index contributed by atoms with van der Waals surface area (Å²) in [5, 5.41) is 8.52. The Balaban J connectivity index is 0.000000240. The van der Waals surface area contributed by atoms with Gasteiger partial charge in [-0.3, -0.25) is 4.79 Å². The zero-order valence-corrected chi connectivity index (χ0v) is 14.6. The molecule has 1 atom stereocenters. The van der Waals surface area contributed by atoms with E-state index in [1.54, 1.807) is 0 Å². The molecule has 4 heteroatoms. The Kier molecular flexibility index (Phi) is 9.01. The highest BCUT2D eigenvalue weighted by Gasteiger charge is 2.10. The van der Waals surface area contributed by atoms with E-state index in [2.05, 4.69) is 48.5 Å². The zero-order valence-electron chi connectivity index (χ0n) is 13.8. The number of carboxylic acids is 1. The van der Waals surface area contributed by atoms with Gasteiger partial charge in [-0.25, -0.2) is 0 Å². The number of halogens is 1. The van der Waals surface area contributed by atoms with Crippen molar-refractivity contribution in [2.45, 2.75) is 12.5 Å². The SMILES string of the molecule is Cl.NC(Cc1ccccc1)C(=O)O.c1ccc(-c2ccccc2)cc1. The van der Waals surface area contributed by atoms with Crippen LogP contribution in [0, 0.1) is 0 Å². The number of carbonyl (C=O) groups is 1. The van der Waals surface area contributed by atoms with Crippen LogP contribution < -0.4 is 5.73 Å². The second-order valence-electron chi connectivity index (χ2n) is 5.37. The van der Waals surface area contributed by atoms with Crippen LogP contribution in [0.1, 0.15) is 5.56 Å². The van der Waals surface area contributed by atoms with E-state index in [9.17, 15) is 4.79 Å². The Morgan fingerprint density at radius 2 is 1.12 bits per heavy atom. The topological polar surface area (TPSA) is 63.3 Å². The summed E-state index contributed by atoms with van der Waals surface area (Å²) in [6, 6.07) is 29.3. The molecule has 3 aromatic carbocycles. The lowest BCUT2D eigenvalue weighted by Gasteiger charge is -2.04. The summed E-state index contributed by atoms with van der Waals surface area (Å²) >= 11 is 0. The van der Waals surface area contributed by atoms with E-state index in [1.165, 1.54) is 11.1 Å². The number of hydrogen-bond donors (Lipinski definition) is 2. The molecule has 0 bridgehead atoms. The summed E-state index contributed by atoms with van der Waals surface area (Å²) in [5.74, 6) is -0.959. The van der Waals surface area contributed by atoms with Crippen LogP contribution in [0.5, 0.6) is 0 Å². The molecular weight excluding hydrogens is 334 g/mol. The molecule has 130 valence electrons. The van der Waals surface area contributed by atoms with Crippen molar-refractivity contribution in [1.82, 2.24) is 0 Å². The number of carboxylic acid groups (broad SMARTS) is 1. The van der Waals surface area contributed by atoms with Crippen molar-refractivity contribution in [3.05, 3.63) is 96.6 Å². The number of aliphatic carboxylic acids is 1. The lowest BCUT2D eigenvalue weighted by molar-refractivity contribution is -0.138. The molecule has 3 N–H and O–H groups in total. The summed E-state index contributed by atoms with van der Waals surface area (Å²) in [7, 11) is 0. The lowest BCUT2D eigenvalue weighted by Crippen LogP contribution is -2.32. The molecule has 0 aliphatic carbocycles. The molecule has 3 rings (SSSR count). The van der Waals surface area contributed by atoms with E-state index in [0.717, 1.165) is 5.56 Å². The molecule has 0 fully saturated rings. The van der Waals surface area contributed by atoms with Crippen LogP contribution in [0.3, 0.4) is 0 Å². The molecule has 0 aliphatic rings. The van der Waals surface area contributed by atoms with E-state index >= 15 is 0 Å². The maximum absolute atomic E-state index is 10.4. The smallest absolute Gasteiger partial charge is 0.320 e. The van der Waals surface area contributed by atoms with Crippen LogP contribution >= 0.6 is 12.4 Å². The Morgan fingerprint density at radius 3 is 1.48 bits per heavy atom. The predicted octanol–water partition coefficient (Wildman–Crippen LogP) is 4.42. The minimum atomic E-state index is -0.959. The van der Waals surface area contributed by atoms with Crippen molar-refractivity contribution in [2.24, 2.45) is 5.73 Å². The van der Waals surface area contributed by atoms with Crippen LogP contribution in [0.4, 0.5) is 0 Å². The van der Waals surface area contributed by atoms with Gasteiger partial charge in [-0.2, -0.15) is 0 Å². The molecule has 3 aromatic rings. The molecule has 3 nitrogen and oxygen atoms in total. The highest BCUT2D eigenvalue weighted by molar-refractivity contribution is 5.85. The second-order valence-corrected chi connectivity index (χ2v) is 5.37. The van der Waals surface area contributed by atoms with Crippen molar-refractivity contribution >= 4 is 18.4 Å². The fraction of sp³-hybridized carbons (Fsp3) is 0.0952. The third-order valence-corrected chi connectivity index (χ3v) is 3.50. The first-order valence-electron chi connectivity index (χ1n) is 7.79. The summed E-state index contributed by atoms with van der Waals surface area (Å²) in [5.41, 5.74) is 8.85.